The van der Waals surface area contributed by atoms with Gasteiger partial charge in [-0.3, -0.25) is 0 Å². The molecule has 0 bridgehead atoms. The minimum Gasteiger partial charge on any atom is -0.483 e. The van der Waals surface area contributed by atoms with Crippen LogP contribution in [0.25, 0.3) is 0 Å². The van der Waals surface area contributed by atoms with Crippen molar-refractivity contribution in [1.29, 1.82) is 0 Å². The van der Waals surface area contributed by atoms with Crippen molar-refractivity contribution in [3.8, 4) is 0 Å². The third-order valence-corrected chi connectivity index (χ3v) is 4.10. The van der Waals surface area contributed by atoms with Gasteiger partial charge in [-0.2, -0.15) is 0 Å². The van der Waals surface area contributed by atoms with Gasteiger partial charge in [-0.25, -0.2) is 0 Å². The lowest BCUT2D eigenvalue weighted by atomic mass is 9.89. The second-order valence-electron chi connectivity index (χ2n) is 5.87. The average molecular weight is 304 g/mol. The molecule has 1 aliphatic rings. The maximum atomic E-state index is 6.22. The third-order valence-electron chi connectivity index (χ3n) is 4.10. The van der Waals surface area contributed by atoms with E-state index in [2.05, 4.69) is 48.4 Å². The molecule has 2 N–H and O–H groups in total. The van der Waals surface area contributed by atoms with Crippen molar-refractivity contribution in [1.82, 2.24) is 10.6 Å². The first kappa shape index (κ1) is 16.8. The van der Waals surface area contributed by atoms with Crippen LogP contribution in [0.4, 0.5) is 0 Å². The molecular formula is C18H28N2O2. The number of hydrogen-bond donors (Lipinski definition) is 2. The summed E-state index contributed by atoms with van der Waals surface area (Å²) in [5, 5.41) is 6.58. The van der Waals surface area contributed by atoms with Crippen LogP contribution in [0.15, 0.2) is 36.7 Å². The lowest BCUT2D eigenvalue weighted by Crippen LogP contribution is -2.35. The molecule has 0 aromatic heterocycles. The van der Waals surface area contributed by atoms with Crippen molar-refractivity contribution in [2.75, 3.05) is 33.4 Å². The summed E-state index contributed by atoms with van der Waals surface area (Å²) in [5.74, 6) is 1.11. The first-order chi connectivity index (χ1) is 10.7. The predicted molar refractivity (Wildman–Crippen MR) is 89.6 cm³/mol. The highest BCUT2D eigenvalue weighted by molar-refractivity contribution is 5.25. The van der Waals surface area contributed by atoms with Gasteiger partial charge in [0.2, 0.25) is 0 Å². The molecule has 1 aromatic carbocycles. The number of piperidine rings is 1. The van der Waals surface area contributed by atoms with E-state index in [0.717, 1.165) is 13.1 Å². The number of hydrogen-bond acceptors (Lipinski definition) is 4. The Kier molecular flexibility index (Phi) is 6.74. The molecule has 0 aliphatic carbocycles. The minimum absolute atomic E-state index is 0.144. The summed E-state index contributed by atoms with van der Waals surface area (Å²) in [4.78, 5) is 0. The average Bonchev–Trinajstić information content (AvgIpc) is 2.55. The summed E-state index contributed by atoms with van der Waals surface area (Å²) < 4.78 is 11.2. The Morgan fingerprint density at radius 1 is 1.50 bits per heavy atom. The Bertz CT molecular complexity index is 470. The van der Waals surface area contributed by atoms with Gasteiger partial charge in [0, 0.05) is 19.0 Å². The second-order valence-corrected chi connectivity index (χ2v) is 5.87. The smallest absolute Gasteiger partial charge is 0.178 e. The molecule has 22 heavy (non-hydrogen) atoms. The Morgan fingerprint density at radius 2 is 2.36 bits per heavy atom. The van der Waals surface area contributed by atoms with Crippen molar-refractivity contribution >= 4 is 0 Å². The molecule has 4 heteroatoms. The zero-order valence-electron chi connectivity index (χ0n) is 13.7. The standard InChI is InChI=1S/C18H28N2O2/c1-14-6-4-7-16(12-14)18(17-8-5-9-19-13-17)22-11-10-20-15(2)21-3/h4,6-7,12,17-20H,2,5,8-11,13H2,1,3H3. The van der Waals surface area contributed by atoms with Gasteiger partial charge < -0.3 is 20.1 Å². The number of nitrogens with one attached hydrogen (secondary N) is 2. The molecule has 2 atom stereocenters. The molecule has 1 heterocycles. The Labute approximate surface area is 133 Å². The van der Waals surface area contributed by atoms with E-state index in [9.17, 15) is 0 Å². The molecule has 0 saturated carbocycles. The third kappa shape index (κ3) is 5.04. The van der Waals surface area contributed by atoms with Crippen LogP contribution in [0.5, 0.6) is 0 Å². The number of rotatable bonds is 8. The van der Waals surface area contributed by atoms with Gasteiger partial charge in [-0.1, -0.05) is 29.8 Å². The van der Waals surface area contributed by atoms with Gasteiger partial charge in [-0.15, -0.1) is 0 Å². The minimum atomic E-state index is 0.144. The molecule has 1 aliphatic heterocycles. The molecule has 2 unspecified atom stereocenters. The van der Waals surface area contributed by atoms with Crippen LogP contribution in [-0.4, -0.2) is 33.4 Å². The van der Waals surface area contributed by atoms with E-state index in [1.54, 1.807) is 7.11 Å². The summed E-state index contributed by atoms with van der Waals surface area (Å²) in [5.41, 5.74) is 2.56. The van der Waals surface area contributed by atoms with Crippen molar-refractivity contribution in [2.24, 2.45) is 5.92 Å². The summed E-state index contributed by atoms with van der Waals surface area (Å²) in [6.07, 6.45) is 2.57. The first-order valence-corrected chi connectivity index (χ1v) is 8.06. The number of ether oxygens (including phenoxy) is 2. The zero-order chi connectivity index (χ0) is 15.8. The Hall–Kier alpha value is -1.52. The molecular weight excluding hydrogens is 276 g/mol. The largest absolute Gasteiger partial charge is 0.483 e. The second kappa shape index (κ2) is 8.81. The number of methoxy groups -OCH3 is 1. The lowest BCUT2D eigenvalue weighted by Gasteiger charge is -2.31. The van der Waals surface area contributed by atoms with E-state index < -0.39 is 0 Å². The van der Waals surface area contributed by atoms with Gasteiger partial charge in [0.15, 0.2) is 5.88 Å². The fourth-order valence-electron chi connectivity index (χ4n) is 2.94. The van der Waals surface area contributed by atoms with E-state index in [-0.39, 0.29) is 6.10 Å². The fraction of sp³-hybridized carbons (Fsp3) is 0.556. The zero-order valence-corrected chi connectivity index (χ0v) is 13.7. The Morgan fingerprint density at radius 3 is 3.05 bits per heavy atom. The van der Waals surface area contributed by atoms with Crippen LogP contribution in [-0.2, 0) is 9.47 Å². The highest BCUT2D eigenvalue weighted by Crippen LogP contribution is 2.31. The highest BCUT2D eigenvalue weighted by atomic mass is 16.5. The van der Waals surface area contributed by atoms with E-state index in [1.807, 2.05) is 0 Å². The molecule has 0 amide bonds. The van der Waals surface area contributed by atoms with Crippen LogP contribution in [0.3, 0.4) is 0 Å². The SMILES string of the molecule is C=C(NCCOC(c1cccc(C)c1)C1CCCNC1)OC. The van der Waals surface area contributed by atoms with Crippen molar-refractivity contribution in [3.05, 3.63) is 47.9 Å². The molecule has 1 saturated heterocycles. The molecule has 1 fully saturated rings. The summed E-state index contributed by atoms with van der Waals surface area (Å²) >= 11 is 0. The van der Waals surface area contributed by atoms with E-state index in [1.165, 1.54) is 24.0 Å². The predicted octanol–water partition coefficient (Wildman–Crippen LogP) is 2.76. The fourth-order valence-corrected chi connectivity index (χ4v) is 2.94. The molecule has 122 valence electrons. The van der Waals surface area contributed by atoms with Crippen molar-refractivity contribution in [2.45, 2.75) is 25.9 Å². The molecule has 2 rings (SSSR count). The molecule has 4 nitrogen and oxygen atoms in total. The normalized spacial score (nSPS) is 19.5. The lowest BCUT2D eigenvalue weighted by molar-refractivity contribution is 0.00423. The van der Waals surface area contributed by atoms with Gasteiger partial charge in [-0.05, 0) is 38.5 Å². The van der Waals surface area contributed by atoms with E-state index in [0.29, 0.717) is 25.0 Å². The van der Waals surface area contributed by atoms with Gasteiger partial charge >= 0.3 is 0 Å². The quantitative estimate of drug-likeness (QED) is 0.572. The van der Waals surface area contributed by atoms with Crippen molar-refractivity contribution < 1.29 is 9.47 Å². The molecule has 0 radical (unpaired) electrons. The Balaban J connectivity index is 1.97. The highest BCUT2D eigenvalue weighted by Gasteiger charge is 2.25. The number of aryl methyl sites for hydroxylation is 1. The van der Waals surface area contributed by atoms with Crippen LogP contribution in [0.2, 0.25) is 0 Å². The van der Waals surface area contributed by atoms with Crippen LogP contribution in [0, 0.1) is 12.8 Å². The van der Waals surface area contributed by atoms with Crippen molar-refractivity contribution in [3.63, 3.8) is 0 Å². The summed E-state index contributed by atoms with van der Waals surface area (Å²) in [6, 6.07) is 8.65. The van der Waals surface area contributed by atoms with E-state index in [4.69, 9.17) is 9.47 Å². The topological polar surface area (TPSA) is 42.5 Å². The molecule has 1 aromatic rings. The van der Waals surface area contributed by atoms with Crippen LogP contribution >= 0.6 is 0 Å². The monoisotopic (exact) mass is 304 g/mol. The maximum Gasteiger partial charge on any atom is 0.178 e. The van der Waals surface area contributed by atoms with Crippen LogP contribution < -0.4 is 10.6 Å². The van der Waals surface area contributed by atoms with E-state index >= 15 is 0 Å². The van der Waals surface area contributed by atoms with Gasteiger partial charge in [0.1, 0.15) is 0 Å². The molecule has 0 spiro atoms. The van der Waals surface area contributed by atoms with Gasteiger partial charge in [0.25, 0.3) is 0 Å². The summed E-state index contributed by atoms with van der Waals surface area (Å²) in [6.45, 7) is 9.36. The van der Waals surface area contributed by atoms with Gasteiger partial charge in [0.05, 0.1) is 19.8 Å². The van der Waals surface area contributed by atoms with Crippen LogP contribution in [0.1, 0.15) is 30.1 Å². The number of benzene rings is 1. The first-order valence-electron chi connectivity index (χ1n) is 8.06. The summed E-state index contributed by atoms with van der Waals surface area (Å²) in [7, 11) is 1.61. The maximum absolute atomic E-state index is 6.22.